The van der Waals surface area contributed by atoms with Crippen molar-refractivity contribution >= 4 is 28.7 Å². The Kier molecular flexibility index (Phi) is 10.3. The number of pyridine rings is 2. The van der Waals surface area contributed by atoms with Crippen LogP contribution in [0.3, 0.4) is 0 Å². The third-order valence-electron chi connectivity index (χ3n) is 7.04. The molecule has 1 unspecified atom stereocenters. The van der Waals surface area contributed by atoms with E-state index in [1.54, 1.807) is 41.0 Å². The van der Waals surface area contributed by atoms with Gasteiger partial charge in [-0.25, -0.2) is 4.52 Å². The minimum atomic E-state index is -0.865. The van der Waals surface area contributed by atoms with Crippen LogP contribution < -0.4 is 10.3 Å². The molecule has 4 rings (SSSR count). The molecule has 11 heteroatoms. The van der Waals surface area contributed by atoms with E-state index >= 15 is 0 Å². The first-order chi connectivity index (χ1) is 20.3. The van der Waals surface area contributed by atoms with Gasteiger partial charge in [0.25, 0.3) is 5.56 Å². The molecule has 0 radical (unpaired) electrons. The van der Waals surface area contributed by atoms with Gasteiger partial charge in [-0.3, -0.25) is 14.4 Å². The van der Waals surface area contributed by atoms with Gasteiger partial charge in [-0.05, 0) is 55.2 Å². The molecule has 3 heterocycles. The number of Topliss-reactive ketones (excluding diaryl/α,β-unsaturated/α-hetero) is 2. The number of carbonyl (C=O) groups excluding carboxylic acids is 2. The molecule has 1 atom stereocenters. The van der Waals surface area contributed by atoms with Crippen LogP contribution in [-0.4, -0.2) is 58.3 Å². The monoisotopic (exact) mass is 590 g/mol. The molecule has 10 nitrogen and oxygen atoms in total. The van der Waals surface area contributed by atoms with E-state index < -0.39 is 11.6 Å². The van der Waals surface area contributed by atoms with Gasteiger partial charge in [-0.15, -0.1) is 0 Å². The van der Waals surface area contributed by atoms with Crippen molar-refractivity contribution in [3.05, 3.63) is 87.1 Å². The smallest absolute Gasteiger partial charge is 0.252 e. The summed E-state index contributed by atoms with van der Waals surface area (Å²) in [4.78, 5) is 39.9. The van der Waals surface area contributed by atoms with Crippen molar-refractivity contribution in [1.29, 1.82) is 5.26 Å². The van der Waals surface area contributed by atoms with Crippen LogP contribution >= 0.6 is 11.6 Å². The number of aromatic nitrogens is 3. The van der Waals surface area contributed by atoms with Gasteiger partial charge in [-0.2, -0.15) is 10.4 Å². The molecule has 4 aromatic rings. The molecule has 0 saturated heterocycles. The van der Waals surface area contributed by atoms with Gasteiger partial charge in [0, 0.05) is 61.6 Å². The maximum Gasteiger partial charge on any atom is 0.252 e. The molecule has 0 aliphatic rings. The second kappa shape index (κ2) is 14.0. The Morgan fingerprint density at radius 2 is 1.95 bits per heavy atom. The average molecular weight is 591 g/mol. The first-order valence-corrected chi connectivity index (χ1v) is 13.8. The van der Waals surface area contributed by atoms with Crippen molar-refractivity contribution in [3.63, 3.8) is 0 Å². The normalized spacial score (nSPS) is 11.8. The number of unbranched alkanes of at least 4 members (excludes halogenated alkanes) is 1. The third-order valence-corrected chi connectivity index (χ3v) is 7.27. The number of nitriles is 1. The SMILES string of the molecule is COCCC(C(=O)Cc1ccn2ncc(C(=O)CCCCO)c2c1)n1cc(OC)c(-c2cc(Cl)ccc2C#N)cc1=O. The quantitative estimate of drug-likeness (QED) is 0.168. The van der Waals surface area contributed by atoms with Gasteiger partial charge in [0.15, 0.2) is 11.6 Å². The number of nitrogens with zero attached hydrogens (tertiary/aromatic N) is 4. The zero-order chi connectivity index (χ0) is 30.2. The molecule has 218 valence electrons. The lowest BCUT2D eigenvalue weighted by Gasteiger charge is -2.21. The first-order valence-electron chi connectivity index (χ1n) is 13.4. The van der Waals surface area contributed by atoms with E-state index in [1.165, 1.54) is 37.2 Å². The van der Waals surface area contributed by atoms with Crippen LogP contribution in [0, 0.1) is 11.3 Å². The van der Waals surface area contributed by atoms with Gasteiger partial charge >= 0.3 is 0 Å². The number of ether oxygens (including phenoxy) is 2. The zero-order valence-corrected chi connectivity index (χ0v) is 24.1. The lowest BCUT2D eigenvalue weighted by Crippen LogP contribution is -2.31. The van der Waals surface area contributed by atoms with Crippen molar-refractivity contribution in [2.75, 3.05) is 27.4 Å². The van der Waals surface area contributed by atoms with E-state index in [-0.39, 0.29) is 44.0 Å². The highest BCUT2D eigenvalue weighted by Crippen LogP contribution is 2.33. The van der Waals surface area contributed by atoms with Gasteiger partial charge in [0.05, 0.1) is 48.3 Å². The molecular formula is C31H31ClN4O6. The van der Waals surface area contributed by atoms with E-state index in [0.29, 0.717) is 56.9 Å². The zero-order valence-electron chi connectivity index (χ0n) is 23.4. The third kappa shape index (κ3) is 6.77. The molecular weight excluding hydrogens is 560 g/mol. The summed E-state index contributed by atoms with van der Waals surface area (Å²) in [6.45, 7) is 0.256. The van der Waals surface area contributed by atoms with Crippen molar-refractivity contribution in [2.24, 2.45) is 0 Å². The Labute approximate surface area is 247 Å². The highest BCUT2D eigenvalue weighted by atomic mass is 35.5. The predicted molar refractivity (Wildman–Crippen MR) is 157 cm³/mol. The van der Waals surface area contributed by atoms with Crippen molar-refractivity contribution in [2.45, 2.75) is 38.1 Å². The Hall–Kier alpha value is -4.30. The molecule has 42 heavy (non-hydrogen) atoms. The van der Waals surface area contributed by atoms with Crippen LogP contribution in [-0.2, 0) is 16.0 Å². The van der Waals surface area contributed by atoms with E-state index in [1.807, 2.05) is 0 Å². The minimum absolute atomic E-state index is 0.00240. The van der Waals surface area contributed by atoms with E-state index in [4.69, 9.17) is 26.2 Å². The number of hydrogen-bond donors (Lipinski definition) is 1. The molecule has 0 amide bonds. The van der Waals surface area contributed by atoms with Gasteiger partial charge in [-0.1, -0.05) is 11.6 Å². The fraction of sp³-hybridized carbons (Fsp3) is 0.323. The van der Waals surface area contributed by atoms with E-state index in [9.17, 15) is 19.6 Å². The van der Waals surface area contributed by atoms with E-state index in [0.717, 1.165) is 0 Å². The fourth-order valence-electron chi connectivity index (χ4n) is 4.87. The number of ketones is 2. The van der Waals surface area contributed by atoms with Gasteiger partial charge < -0.3 is 19.1 Å². The van der Waals surface area contributed by atoms with Crippen molar-refractivity contribution < 1.29 is 24.2 Å². The number of carbonyl (C=O) groups is 2. The molecule has 0 aliphatic carbocycles. The summed E-state index contributed by atoms with van der Waals surface area (Å²) in [5.41, 5.74) is 2.40. The van der Waals surface area contributed by atoms with E-state index in [2.05, 4.69) is 11.2 Å². The molecule has 1 N–H and O–H groups in total. The summed E-state index contributed by atoms with van der Waals surface area (Å²) < 4.78 is 13.7. The Balaban J connectivity index is 1.67. The highest BCUT2D eigenvalue weighted by Gasteiger charge is 2.24. The lowest BCUT2D eigenvalue weighted by molar-refractivity contribution is -0.122. The number of halogens is 1. The number of methoxy groups -OCH3 is 2. The molecule has 0 bridgehead atoms. The molecule has 3 aromatic heterocycles. The number of benzene rings is 1. The first kappa shape index (κ1) is 30.7. The molecule has 0 fully saturated rings. The number of fused-ring (bicyclic) bond motifs is 1. The van der Waals surface area contributed by atoms with Crippen LogP contribution in [0.4, 0.5) is 0 Å². The van der Waals surface area contributed by atoms with Crippen LogP contribution in [0.5, 0.6) is 5.75 Å². The number of rotatable bonds is 14. The average Bonchev–Trinajstić information content (AvgIpc) is 3.41. The predicted octanol–water partition coefficient (Wildman–Crippen LogP) is 4.43. The van der Waals surface area contributed by atoms with Crippen molar-refractivity contribution in [3.8, 4) is 22.9 Å². The van der Waals surface area contributed by atoms with Crippen LogP contribution in [0.15, 0.2) is 59.8 Å². The maximum atomic E-state index is 13.7. The second-order valence-electron chi connectivity index (χ2n) is 9.77. The van der Waals surface area contributed by atoms with Crippen LogP contribution in [0.1, 0.15) is 53.2 Å². The summed E-state index contributed by atoms with van der Waals surface area (Å²) >= 11 is 6.18. The molecule has 0 aliphatic heterocycles. The largest absolute Gasteiger partial charge is 0.495 e. The Morgan fingerprint density at radius 1 is 1.14 bits per heavy atom. The summed E-state index contributed by atoms with van der Waals surface area (Å²) in [5, 5.41) is 23.3. The summed E-state index contributed by atoms with van der Waals surface area (Å²) in [5.74, 6) is -0.0179. The Morgan fingerprint density at radius 3 is 2.67 bits per heavy atom. The van der Waals surface area contributed by atoms with Crippen LogP contribution in [0.2, 0.25) is 5.02 Å². The summed E-state index contributed by atoms with van der Waals surface area (Å²) in [7, 11) is 2.96. The fourth-order valence-corrected chi connectivity index (χ4v) is 5.04. The molecule has 1 aromatic carbocycles. The standard InChI is InChI=1S/C31H31ClN4O6/c1-41-12-9-26(35-19-30(42-2)24(16-31(35)40)23-15-22(32)7-6-21(23)17-33)29(39)14-20-8-10-36-27(13-20)25(18-34-36)28(38)5-3-4-11-37/h6-8,10,13,15-16,18-19,26,37H,3-5,9,11-12,14H2,1-2H3. The number of hydrogen-bond acceptors (Lipinski definition) is 8. The molecule has 0 saturated carbocycles. The van der Waals surface area contributed by atoms with Crippen LogP contribution in [0.25, 0.3) is 16.6 Å². The maximum absolute atomic E-state index is 13.7. The highest BCUT2D eigenvalue weighted by molar-refractivity contribution is 6.31. The lowest BCUT2D eigenvalue weighted by atomic mass is 9.98. The van der Waals surface area contributed by atoms with Crippen molar-refractivity contribution in [1.82, 2.24) is 14.2 Å². The number of aliphatic hydroxyl groups excluding tert-OH is 1. The molecule has 0 spiro atoms. The van der Waals surface area contributed by atoms with Gasteiger partial charge in [0.1, 0.15) is 5.75 Å². The topological polar surface area (TPSA) is 136 Å². The summed E-state index contributed by atoms with van der Waals surface area (Å²) in [6, 6.07) is 10.8. The summed E-state index contributed by atoms with van der Waals surface area (Å²) in [6.07, 6.45) is 6.30. The minimum Gasteiger partial charge on any atom is -0.495 e. The Bertz CT molecular complexity index is 1700. The number of aliphatic hydroxyl groups is 1. The second-order valence-corrected chi connectivity index (χ2v) is 10.2. The van der Waals surface area contributed by atoms with Gasteiger partial charge in [0.2, 0.25) is 0 Å².